The Labute approximate surface area is 137 Å². The average molecular weight is 326 g/mol. The van der Waals surface area contributed by atoms with E-state index >= 15 is 0 Å². The first-order valence-electron chi connectivity index (χ1n) is 7.64. The van der Waals surface area contributed by atoms with Crippen LogP contribution in [0.4, 0.5) is 4.79 Å². The summed E-state index contributed by atoms with van der Waals surface area (Å²) in [5.41, 5.74) is 0.450. The molecule has 0 saturated carbocycles. The third-order valence-electron chi connectivity index (χ3n) is 3.84. The molecule has 2 unspecified atom stereocenters. The van der Waals surface area contributed by atoms with E-state index in [0.29, 0.717) is 5.02 Å². The van der Waals surface area contributed by atoms with E-state index in [1.165, 1.54) is 0 Å². The summed E-state index contributed by atoms with van der Waals surface area (Å²) < 4.78 is 5.53. The van der Waals surface area contributed by atoms with Gasteiger partial charge in [-0.3, -0.25) is 4.90 Å². The fourth-order valence-corrected chi connectivity index (χ4v) is 3.03. The van der Waals surface area contributed by atoms with Crippen LogP contribution in [0, 0.1) is 0 Å². The Kier molecular flexibility index (Phi) is 5.03. The van der Waals surface area contributed by atoms with Gasteiger partial charge in [-0.05, 0) is 58.2 Å². The summed E-state index contributed by atoms with van der Waals surface area (Å²) in [6.07, 6.45) is 0.585. The predicted octanol–water partition coefficient (Wildman–Crippen LogP) is 4.16. The summed E-state index contributed by atoms with van der Waals surface area (Å²) in [5, 5.41) is 10.7. The van der Waals surface area contributed by atoms with Gasteiger partial charge in [0.1, 0.15) is 5.60 Å². The average Bonchev–Trinajstić information content (AvgIpc) is 2.82. The number of likely N-dealkylation sites (tertiary alicyclic amines) is 1. The molecule has 0 bridgehead atoms. The number of carbonyl (C=O) groups is 1. The Morgan fingerprint density at radius 1 is 1.32 bits per heavy atom. The highest BCUT2D eigenvalue weighted by Gasteiger charge is 2.41. The number of nitrogens with zero attached hydrogens (tertiary/aromatic N) is 1. The zero-order chi connectivity index (χ0) is 16.5. The third-order valence-corrected chi connectivity index (χ3v) is 4.10. The molecule has 22 heavy (non-hydrogen) atoms. The van der Waals surface area contributed by atoms with Crippen LogP contribution in [-0.2, 0) is 4.74 Å². The highest BCUT2D eigenvalue weighted by molar-refractivity contribution is 6.30. The minimum absolute atomic E-state index is 0.0910. The topological polar surface area (TPSA) is 49.8 Å². The fourth-order valence-electron chi connectivity index (χ4n) is 2.90. The molecule has 1 heterocycles. The van der Waals surface area contributed by atoms with Crippen molar-refractivity contribution in [3.63, 3.8) is 0 Å². The zero-order valence-electron chi connectivity index (χ0n) is 13.5. The van der Waals surface area contributed by atoms with Crippen LogP contribution >= 0.6 is 11.6 Å². The lowest BCUT2D eigenvalue weighted by atomic mass is 10.0. The van der Waals surface area contributed by atoms with E-state index in [4.69, 9.17) is 16.3 Å². The molecule has 0 aromatic heterocycles. The maximum Gasteiger partial charge on any atom is 0.411 e. The zero-order valence-corrected chi connectivity index (χ0v) is 14.3. The molecular formula is C17H24ClNO3. The molecule has 4 nitrogen and oxygen atoms in total. The molecule has 1 aliphatic heterocycles. The SMILES string of the molecule is C[C@@H](O)C1CCC(c2ccc(Cl)cc2)N1C(=O)OC(C)(C)C. The quantitative estimate of drug-likeness (QED) is 0.888. The number of hydrogen-bond acceptors (Lipinski definition) is 3. The second-order valence-corrected chi connectivity index (χ2v) is 7.28. The Balaban J connectivity index is 2.28. The van der Waals surface area contributed by atoms with Crippen molar-refractivity contribution in [2.45, 2.75) is 64.3 Å². The van der Waals surface area contributed by atoms with Crippen LogP contribution in [0.3, 0.4) is 0 Å². The maximum absolute atomic E-state index is 12.6. The van der Waals surface area contributed by atoms with Gasteiger partial charge in [0.25, 0.3) is 0 Å². The van der Waals surface area contributed by atoms with E-state index in [9.17, 15) is 9.90 Å². The van der Waals surface area contributed by atoms with Gasteiger partial charge in [0, 0.05) is 5.02 Å². The Hall–Kier alpha value is -1.26. The van der Waals surface area contributed by atoms with Crippen molar-refractivity contribution in [2.75, 3.05) is 0 Å². The number of carbonyl (C=O) groups excluding carboxylic acids is 1. The van der Waals surface area contributed by atoms with E-state index in [0.717, 1.165) is 18.4 Å². The molecule has 0 spiro atoms. The van der Waals surface area contributed by atoms with Gasteiger partial charge < -0.3 is 9.84 Å². The summed E-state index contributed by atoms with van der Waals surface area (Å²) in [5.74, 6) is 0. The number of aliphatic hydroxyl groups is 1. The molecule has 1 aromatic rings. The van der Waals surface area contributed by atoms with Crippen molar-refractivity contribution in [1.29, 1.82) is 0 Å². The van der Waals surface area contributed by atoms with Crippen molar-refractivity contribution in [1.82, 2.24) is 4.90 Å². The van der Waals surface area contributed by atoms with Crippen LogP contribution in [0.25, 0.3) is 0 Å². The van der Waals surface area contributed by atoms with Crippen LogP contribution in [0.15, 0.2) is 24.3 Å². The summed E-state index contributed by atoms with van der Waals surface area (Å²) in [6, 6.07) is 7.17. The molecule has 1 saturated heterocycles. The standard InChI is InChI=1S/C17H24ClNO3/c1-11(20)14-9-10-15(12-5-7-13(18)8-6-12)19(14)16(21)22-17(2,3)4/h5-8,11,14-15,20H,9-10H2,1-4H3/t11-,14?,15?/m1/s1. The molecule has 5 heteroatoms. The Morgan fingerprint density at radius 2 is 1.91 bits per heavy atom. The van der Waals surface area contributed by atoms with Crippen LogP contribution in [0.2, 0.25) is 5.02 Å². The van der Waals surface area contributed by atoms with E-state index in [2.05, 4.69) is 0 Å². The van der Waals surface area contributed by atoms with Crippen molar-refractivity contribution in [2.24, 2.45) is 0 Å². The second-order valence-electron chi connectivity index (χ2n) is 6.84. The number of amides is 1. The molecule has 2 rings (SSSR count). The normalized spacial score (nSPS) is 23.5. The summed E-state index contributed by atoms with van der Waals surface area (Å²) in [6.45, 7) is 7.24. The van der Waals surface area contributed by atoms with Gasteiger partial charge in [-0.2, -0.15) is 0 Å². The first-order valence-corrected chi connectivity index (χ1v) is 8.01. The molecule has 1 aromatic carbocycles. The fraction of sp³-hybridized carbons (Fsp3) is 0.588. The van der Waals surface area contributed by atoms with Crippen molar-refractivity contribution in [3.8, 4) is 0 Å². The summed E-state index contributed by atoms with van der Waals surface area (Å²) >= 11 is 5.94. The highest BCUT2D eigenvalue weighted by Crippen LogP contribution is 2.38. The number of hydrogen-bond donors (Lipinski definition) is 1. The van der Waals surface area contributed by atoms with Crippen LogP contribution in [0.1, 0.15) is 52.1 Å². The number of aliphatic hydroxyl groups excluding tert-OH is 1. The first-order chi connectivity index (χ1) is 10.2. The van der Waals surface area contributed by atoms with Crippen molar-refractivity contribution >= 4 is 17.7 Å². The van der Waals surface area contributed by atoms with Gasteiger partial charge in [-0.15, -0.1) is 0 Å². The van der Waals surface area contributed by atoms with E-state index in [1.54, 1.807) is 11.8 Å². The van der Waals surface area contributed by atoms with Gasteiger partial charge in [-0.25, -0.2) is 4.79 Å². The van der Waals surface area contributed by atoms with Gasteiger partial charge in [0.2, 0.25) is 0 Å². The second kappa shape index (κ2) is 6.47. The Bertz CT molecular complexity index is 522. The van der Waals surface area contributed by atoms with E-state index in [-0.39, 0.29) is 18.2 Å². The number of ether oxygens (including phenoxy) is 1. The molecular weight excluding hydrogens is 302 g/mol. The number of halogens is 1. The lowest BCUT2D eigenvalue weighted by molar-refractivity contribution is -0.00164. The lowest BCUT2D eigenvalue weighted by Crippen LogP contribution is -2.45. The molecule has 0 radical (unpaired) electrons. The van der Waals surface area contributed by atoms with Gasteiger partial charge in [-0.1, -0.05) is 23.7 Å². The molecule has 1 aliphatic rings. The van der Waals surface area contributed by atoms with Gasteiger partial charge in [0.05, 0.1) is 18.2 Å². The predicted molar refractivity (Wildman–Crippen MR) is 87.0 cm³/mol. The van der Waals surface area contributed by atoms with E-state index in [1.807, 2.05) is 45.0 Å². The smallest absolute Gasteiger partial charge is 0.411 e. The van der Waals surface area contributed by atoms with Crippen LogP contribution < -0.4 is 0 Å². The molecule has 122 valence electrons. The highest BCUT2D eigenvalue weighted by atomic mass is 35.5. The summed E-state index contributed by atoms with van der Waals surface area (Å²) in [7, 11) is 0. The number of rotatable bonds is 2. The number of benzene rings is 1. The monoisotopic (exact) mass is 325 g/mol. The minimum Gasteiger partial charge on any atom is -0.444 e. The Morgan fingerprint density at radius 3 is 2.41 bits per heavy atom. The molecule has 1 amide bonds. The first kappa shape index (κ1) is 17.1. The van der Waals surface area contributed by atoms with Gasteiger partial charge in [0.15, 0.2) is 0 Å². The van der Waals surface area contributed by atoms with Crippen LogP contribution in [-0.4, -0.2) is 33.8 Å². The maximum atomic E-state index is 12.6. The van der Waals surface area contributed by atoms with Crippen molar-refractivity contribution < 1.29 is 14.6 Å². The lowest BCUT2D eigenvalue weighted by Gasteiger charge is -2.34. The largest absolute Gasteiger partial charge is 0.444 e. The van der Waals surface area contributed by atoms with Crippen molar-refractivity contribution in [3.05, 3.63) is 34.9 Å². The molecule has 1 fully saturated rings. The molecule has 3 atom stereocenters. The third kappa shape index (κ3) is 3.93. The van der Waals surface area contributed by atoms with E-state index < -0.39 is 11.7 Å². The van der Waals surface area contributed by atoms with Gasteiger partial charge >= 0.3 is 6.09 Å². The minimum atomic E-state index is -0.593. The summed E-state index contributed by atoms with van der Waals surface area (Å²) in [4.78, 5) is 14.3. The van der Waals surface area contributed by atoms with Crippen LogP contribution in [0.5, 0.6) is 0 Å². The molecule has 0 aliphatic carbocycles. The molecule has 1 N–H and O–H groups in total.